The smallest absolute Gasteiger partial charge is 0.146 e. The molecule has 0 spiro atoms. The van der Waals surface area contributed by atoms with Gasteiger partial charge in [0, 0.05) is 10.8 Å². The largest absolute Gasteiger partial charge is 0.292 e. The van der Waals surface area contributed by atoms with Crippen LogP contribution in [0.2, 0.25) is 0 Å². The first-order valence-electron chi connectivity index (χ1n) is 12.6. The van der Waals surface area contributed by atoms with Crippen LogP contribution in [0.4, 0.5) is 0 Å². The maximum absolute atomic E-state index is 5.27. The van der Waals surface area contributed by atoms with Gasteiger partial charge in [0.2, 0.25) is 0 Å². The normalized spacial score (nSPS) is 18.9. The molecule has 0 atom stereocenters. The molecule has 0 amide bonds. The minimum absolute atomic E-state index is 0.0657. The van der Waals surface area contributed by atoms with E-state index in [2.05, 4.69) is 121 Å². The third-order valence-electron chi connectivity index (χ3n) is 9.83. The monoisotopic (exact) mass is 448 g/mol. The van der Waals surface area contributed by atoms with Crippen LogP contribution in [0.1, 0.15) is 79.0 Å². The van der Waals surface area contributed by atoms with Crippen molar-refractivity contribution in [2.75, 3.05) is 0 Å². The number of pyridine rings is 1. The molecule has 0 aliphatic heterocycles. The fourth-order valence-corrected chi connectivity index (χ4v) is 6.36. The second-order valence-electron chi connectivity index (χ2n) is 13.1. The topological polar surface area (TPSA) is 17.3 Å². The van der Waals surface area contributed by atoms with Crippen molar-refractivity contribution in [2.24, 2.45) is 5.41 Å². The van der Waals surface area contributed by atoms with E-state index in [-0.39, 0.29) is 21.7 Å². The highest BCUT2D eigenvalue weighted by molar-refractivity contribution is 6.14. The highest BCUT2D eigenvalue weighted by Crippen LogP contribution is 2.62. The Hall–Kier alpha value is -2.87. The molecule has 0 N–H and O–H groups in total. The van der Waals surface area contributed by atoms with E-state index in [4.69, 9.17) is 4.98 Å². The Labute approximate surface area is 203 Å². The maximum Gasteiger partial charge on any atom is 0.146 e. The van der Waals surface area contributed by atoms with Crippen LogP contribution in [0.5, 0.6) is 0 Å². The van der Waals surface area contributed by atoms with E-state index < -0.39 is 0 Å². The van der Waals surface area contributed by atoms with Crippen molar-refractivity contribution in [3.05, 3.63) is 71.3 Å². The van der Waals surface area contributed by atoms with Gasteiger partial charge in [-0.05, 0) is 68.0 Å². The standard InChI is InChI=1S/C32H36N2/c1-29(2,3)19-14-15-26-22(16-19)20-12-10-11-13-21(20)28-33-25-17-23-24(18-27(25)34(26)28)31(6,7)32(8,9)30(23,4)5/h10-18H,1-9H3. The first-order valence-corrected chi connectivity index (χ1v) is 12.6. The van der Waals surface area contributed by atoms with Crippen LogP contribution in [-0.2, 0) is 16.2 Å². The van der Waals surface area contributed by atoms with Gasteiger partial charge in [-0.1, -0.05) is 92.6 Å². The molecule has 5 aromatic rings. The Morgan fingerprint density at radius 1 is 0.676 bits per heavy atom. The first-order chi connectivity index (χ1) is 15.8. The van der Waals surface area contributed by atoms with Gasteiger partial charge in [0.15, 0.2) is 0 Å². The summed E-state index contributed by atoms with van der Waals surface area (Å²) in [5.74, 6) is 0. The van der Waals surface area contributed by atoms with E-state index in [9.17, 15) is 0 Å². The molecule has 2 nitrogen and oxygen atoms in total. The third-order valence-corrected chi connectivity index (χ3v) is 9.83. The average molecular weight is 449 g/mol. The Bertz CT molecular complexity index is 1650. The number of benzene rings is 3. The van der Waals surface area contributed by atoms with Gasteiger partial charge in [-0.3, -0.25) is 4.40 Å². The first kappa shape index (κ1) is 21.6. The van der Waals surface area contributed by atoms with E-state index in [0.29, 0.717) is 0 Å². The number of aromatic nitrogens is 2. The van der Waals surface area contributed by atoms with E-state index in [1.54, 1.807) is 0 Å². The summed E-state index contributed by atoms with van der Waals surface area (Å²) in [4.78, 5) is 5.27. The molecule has 174 valence electrons. The van der Waals surface area contributed by atoms with Crippen molar-refractivity contribution in [2.45, 2.75) is 78.6 Å². The lowest BCUT2D eigenvalue weighted by molar-refractivity contribution is 0.125. The van der Waals surface area contributed by atoms with Gasteiger partial charge in [0.25, 0.3) is 0 Å². The summed E-state index contributed by atoms with van der Waals surface area (Å²) < 4.78 is 2.41. The van der Waals surface area contributed by atoms with Crippen LogP contribution in [-0.4, -0.2) is 9.38 Å². The fourth-order valence-electron chi connectivity index (χ4n) is 6.36. The molecule has 1 aliphatic carbocycles. The van der Waals surface area contributed by atoms with Crippen molar-refractivity contribution in [1.82, 2.24) is 9.38 Å². The van der Waals surface area contributed by atoms with Crippen molar-refractivity contribution < 1.29 is 0 Å². The molecule has 0 radical (unpaired) electrons. The zero-order valence-corrected chi connectivity index (χ0v) is 22.1. The van der Waals surface area contributed by atoms with Crippen molar-refractivity contribution in [3.8, 4) is 0 Å². The van der Waals surface area contributed by atoms with Gasteiger partial charge in [0.05, 0.1) is 16.6 Å². The van der Waals surface area contributed by atoms with Gasteiger partial charge in [-0.25, -0.2) is 4.98 Å². The van der Waals surface area contributed by atoms with Crippen LogP contribution in [0, 0.1) is 5.41 Å². The average Bonchev–Trinajstić information content (AvgIpc) is 3.19. The minimum Gasteiger partial charge on any atom is -0.292 e. The predicted octanol–water partition coefficient (Wildman–Crippen LogP) is 8.69. The Morgan fingerprint density at radius 3 is 1.94 bits per heavy atom. The number of rotatable bonds is 0. The van der Waals surface area contributed by atoms with E-state index in [0.717, 1.165) is 11.2 Å². The third kappa shape index (κ3) is 2.44. The number of fused-ring (bicyclic) bond motifs is 9. The second kappa shape index (κ2) is 6.22. The van der Waals surface area contributed by atoms with Crippen molar-refractivity contribution >= 4 is 38.4 Å². The summed E-state index contributed by atoms with van der Waals surface area (Å²) in [7, 11) is 0. The maximum atomic E-state index is 5.27. The number of hydrogen-bond acceptors (Lipinski definition) is 1. The number of imidazole rings is 1. The lowest BCUT2D eigenvalue weighted by atomic mass is 9.59. The molecule has 0 unspecified atom stereocenters. The number of nitrogens with zero attached hydrogens (tertiary/aromatic N) is 2. The van der Waals surface area contributed by atoms with Crippen LogP contribution in [0.25, 0.3) is 38.4 Å². The predicted molar refractivity (Wildman–Crippen MR) is 146 cm³/mol. The molecule has 2 heteroatoms. The summed E-state index contributed by atoms with van der Waals surface area (Å²) in [5, 5.41) is 3.80. The van der Waals surface area contributed by atoms with Gasteiger partial charge in [0.1, 0.15) is 5.65 Å². The molecule has 0 fully saturated rings. The Morgan fingerprint density at radius 2 is 1.29 bits per heavy atom. The molecule has 3 aromatic carbocycles. The number of hydrogen-bond donors (Lipinski definition) is 0. The molecular weight excluding hydrogens is 412 g/mol. The van der Waals surface area contributed by atoms with Crippen LogP contribution in [0.3, 0.4) is 0 Å². The molecular formula is C32H36N2. The Kier molecular flexibility index (Phi) is 3.96. The summed E-state index contributed by atoms with van der Waals surface area (Å²) in [5.41, 5.74) is 9.25. The second-order valence-corrected chi connectivity index (χ2v) is 13.1. The van der Waals surface area contributed by atoms with Crippen molar-refractivity contribution in [1.29, 1.82) is 0 Å². The minimum atomic E-state index is 0.0657. The molecule has 34 heavy (non-hydrogen) atoms. The van der Waals surface area contributed by atoms with Crippen LogP contribution >= 0.6 is 0 Å². The zero-order valence-electron chi connectivity index (χ0n) is 22.1. The van der Waals surface area contributed by atoms with E-state index >= 15 is 0 Å². The molecule has 2 aromatic heterocycles. The lowest BCUT2D eigenvalue weighted by Crippen LogP contribution is -2.42. The van der Waals surface area contributed by atoms with Crippen LogP contribution in [0.15, 0.2) is 54.6 Å². The Balaban J connectivity index is 1.82. The fraction of sp³-hybridized carbons (Fsp3) is 0.406. The van der Waals surface area contributed by atoms with Gasteiger partial charge in [-0.2, -0.15) is 0 Å². The van der Waals surface area contributed by atoms with Gasteiger partial charge in [-0.15, -0.1) is 0 Å². The highest BCUT2D eigenvalue weighted by atomic mass is 15.0. The van der Waals surface area contributed by atoms with Crippen molar-refractivity contribution in [3.63, 3.8) is 0 Å². The molecule has 0 bridgehead atoms. The molecule has 0 saturated heterocycles. The summed E-state index contributed by atoms with van der Waals surface area (Å²) >= 11 is 0. The van der Waals surface area contributed by atoms with Gasteiger partial charge >= 0.3 is 0 Å². The quantitative estimate of drug-likeness (QED) is 0.217. The highest BCUT2D eigenvalue weighted by Gasteiger charge is 2.56. The van der Waals surface area contributed by atoms with Crippen LogP contribution < -0.4 is 0 Å². The van der Waals surface area contributed by atoms with E-state index in [1.165, 1.54) is 43.9 Å². The molecule has 6 rings (SSSR count). The summed E-state index contributed by atoms with van der Waals surface area (Å²) in [6.45, 7) is 21.4. The molecule has 2 heterocycles. The SMILES string of the molecule is CC(C)(C)c1ccc2c(c1)c1ccccc1c1nc3cc4c(cc3n21)C(C)(C)C(C)(C)C4(C)C. The molecule has 1 aliphatic rings. The summed E-state index contributed by atoms with van der Waals surface area (Å²) in [6.07, 6.45) is 0. The zero-order chi connectivity index (χ0) is 24.4. The van der Waals surface area contributed by atoms with Gasteiger partial charge < -0.3 is 0 Å². The summed E-state index contributed by atoms with van der Waals surface area (Å²) in [6, 6.07) is 20.6. The molecule has 0 saturated carbocycles. The van der Waals surface area contributed by atoms with E-state index in [1.807, 2.05) is 0 Å². The lowest BCUT2D eigenvalue weighted by Gasteiger charge is -2.44.